The molecule has 2 heterocycles. The van der Waals surface area contributed by atoms with Crippen molar-refractivity contribution < 1.29 is 14.3 Å². The fourth-order valence-electron chi connectivity index (χ4n) is 6.21. The second-order valence-corrected chi connectivity index (χ2v) is 10.6. The highest BCUT2D eigenvalue weighted by Gasteiger charge is 2.34. The highest BCUT2D eigenvalue weighted by Crippen LogP contribution is 2.32. The van der Waals surface area contributed by atoms with Crippen molar-refractivity contribution in [2.45, 2.75) is 57.9 Å². The lowest BCUT2D eigenvalue weighted by Crippen LogP contribution is -2.53. The molecular formula is C27H36N4O5. The van der Waals surface area contributed by atoms with Gasteiger partial charge in [-0.1, -0.05) is 12.8 Å². The molecule has 0 unspecified atom stereocenters. The van der Waals surface area contributed by atoms with Crippen LogP contribution in [-0.4, -0.2) is 64.5 Å². The van der Waals surface area contributed by atoms with Crippen LogP contribution in [0.4, 0.5) is 0 Å². The van der Waals surface area contributed by atoms with Crippen LogP contribution in [0.2, 0.25) is 0 Å². The van der Waals surface area contributed by atoms with Gasteiger partial charge in [0, 0.05) is 44.6 Å². The van der Waals surface area contributed by atoms with E-state index in [4.69, 9.17) is 4.74 Å². The zero-order valence-electron chi connectivity index (χ0n) is 21.0. The van der Waals surface area contributed by atoms with Gasteiger partial charge in [0.25, 0.3) is 5.56 Å². The SMILES string of the molecule is COc1ccc2[nH]c(=O)n(CC3CCC(C(=O)N4CCN(C(=O)C5CCCC5)CC4)CC3)c(=O)c2c1. The molecule has 9 heteroatoms. The van der Waals surface area contributed by atoms with Crippen LogP contribution < -0.4 is 16.0 Å². The molecule has 1 saturated heterocycles. The number of H-pyrrole nitrogens is 1. The molecule has 2 aromatic rings. The Morgan fingerprint density at radius 2 is 1.47 bits per heavy atom. The summed E-state index contributed by atoms with van der Waals surface area (Å²) in [7, 11) is 1.54. The van der Waals surface area contributed by atoms with E-state index in [0.29, 0.717) is 49.4 Å². The highest BCUT2D eigenvalue weighted by molar-refractivity contribution is 5.81. The number of aromatic nitrogens is 2. The number of piperazine rings is 1. The Bertz CT molecular complexity index is 1230. The molecule has 1 N–H and O–H groups in total. The van der Waals surface area contributed by atoms with Crippen LogP contribution in [0.3, 0.4) is 0 Å². The molecule has 2 aliphatic carbocycles. The number of hydrogen-bond acceptors (Lipinski definition) is 5. The van der Waals surface area contributed by atoms with Crippen molar-refractivity contribution >= 4 is 22.7 Å². The van der Waals surface area contributed by atoms with Crippen LogP contribution in [0.1, 0.15) is 51.4 Å². The first kappa shape index (κ1) is 24.6. The van der Waals surface area contributed by atoms with Crippen molar-refractivity contribution in [1.29, 1.82) is 0 Å². The Labute approximate surface area is 210 Å². The number of nitrogens with zero attached hydrogens (tertiary/aromatic N) is 3. The summed E-state index contributed by atoms with van der Waals surface area (Å²) in [5.41, 5.74) is -0.210. The lowest BCUT2D eigenvalue weighted by molar-refractivity contribution is -0.144. The summed E-state index contributed by atoms with van der Waals surface area (Å²) in [6.07, 6.45) is 7.44. The lowest BCUT2D eigenvalue weighted by atomic mass is 9.81. The average Bonchev–Trinajstić information content (AvgIpc) is 3.46. The molecule has 0 spiro atoms. The molecule has 194 valence electrons. The third-order valence-electron chi connectivity index (χ3n) is 8.43. The van der Waals surface area contributed by atoms with Crippen LogP contribution in [0.5, 0.6) is 5.75 Å². The molecule has 1 aromatic heterocycles. The van der Waals surface area contributed by atoms with Gasteiger partial charge in [0.15, 0.2) is 0 Å². The molecular weight excluding hydrogens is 460 g/mol. The van der Waals surface area contributed by atoms with E-state index >= 15 is 0 Å². The first-order chi connectivity index (χ1) is 17.4. The van der Waals surface area contributed by atoms with E-state index in [9.17, 15) is 19.2 Å². The minimum absolute atomic E-state index is 0.0193. The molecule has 5 rings (SSSR count). The number of benzene rings is 1. The van der Waals surface area contributed by atoms with Crippen molar-refractivity contribution in [1.82, 2.24) is 19.4 Å². The Balaban J connectivity index is 1.15. The van der Waals surface area contributed by atoms with Crippen LogP contribution >= 0.6 is 0 Å². The van der Waals surface area contributed by atoms with Gasteiger partial charge in [-0.15, -0.1) is 0 Å². The fraction of sp³-hybridized carbons (Fsp3) is 0.630. The molecule has 1 aromatic carbocycles. The van der Waals surface area contributed by atoms with Gasteiger partial charge in [0.05, 0.1) is 18.0 Å². The second kappa shape index (κ2) is 10.5. The normalized spacial score (nSPS) is 23.2. The van der Waals surface area contributed by atoms with Crippen LogP contribution in [0, 0.1) is 17.8 Å². The van der Waals surface area contributed by atoms with Gasteiger partial charge in [-0.25, -0.2) is 4.79 Å². The third kappa shape index (κ3) is 4.92. The summed E-state index contributed by atoms with van der Waals surface area (Å²) in [5, 5.41) is 0.434. The number of aromatic amines is 1. The predicted octanol–water partition coefficient (Wildman–Crippen LogP) is 2.37. The zero-order valence-corrected chi connectivity index (χ0v) is 21.0. The van der Waals surface area contributed by atoms with E-state index in [-0.39, 0.29) is 35.1 Å². The summed E-state index contributed by atoms with van der Waals surface area (Å²) in [6.45, 7) is 2.85. The smallest absolute Gasteiger partial charge is 0.328 e. The van der Waals surface area contributed by atoms with Gasteiger partial charge < -0.3 is 19.5 Å². The van der Waals surface area contributed by atoms with Gasteiger partial charge in [-0.3, -0.25) is 19.0 Å². The van der Waals surface area contributed by atoms with Gasteiger partial charge in [0.1, 0.15) is 5.75 Å². The van der Waals surface area contributed by atoms with Gasteiger partial charge >= 0.3 is 5.69 Å². The minimum atomic E-state index is -0.402. The first-order valence-corrected chi connectivity index (χ1v) is 13.3. The summed E-state index contributed by atoms with van der Waals surface area (Å²) >= 11 is 0. The van der Waals surface area contributed by atoms with Crippen LogP contribution in [-0.2, 0) is 16.1 Å². The van der Waals surface area contributed by atoms with E-state index in [2.05, 4.69) is 4.98 Å². The van der Waals surface area contributed by atoms with E-state index < -0.39 is 5.69 Å². The minimum Gasteiger partial charge on any atom is -0.497 e. The molecule has 0 bridgehead atoms. The molecule has 0 radical (unpaired) electrons. The average molecular weight is 497 g/mol. The topological polar surface area (TPSA) is 105 Å². The number of carbonyl (C=O) groups is 2. The molecule has 36 heavy (non-hydrogen) atoms. The number of rotatable bonds is 5. The Kier molecular flexibility index (Phi) is 7.16. The van der Waals surface area contributed by atoms with E-state index in [1.807, 2.05) is 9.80 Å². The number of fused-ring (bicyclic) bond motifs is 1. The number of amides is 2. The summed E-state index contributed by atoms with van der Waals surface area (Å²) in [4.78, 5) is 58.2. The van der Waals surface area contributed by atoms with E-state index in [1.165, 1.54) is 4.57 Å². The molecule has 3 aliphatic rings. The third-order valence-corrected chi connectivity index (χ3v) is 8.43. The number of hydrogen-bond donors (Lipinski definition) is 1. The maximum absolute atomic E-state index is 13.2. The van der Waals surface area contributed by atoms with Crippen molar-refractivity contribution in [2.75, 3.05) is 33.3 Å². The number of nitrogens with one attached hydrogen (secondary N) is 1. The summed E-state index contributed by atoms with van der Waals surface area (Å²) in [5.74, 6) is 1.38. The van der Waals surface area contributed by atoms with E-state index in [1.54, 1.807) is 25.3 Å². The maximum atomic E-state index is 13.2. The van der Waals surface area contributed by atoms with Crippen LogP contribution in [0.15, 0.2) is 27.8 Å². The van der Waals surface area contributed by atoms with Crippen molar-refractivity contribution in [2.24, 2.45) is 17.8 Å². The van der Waals surface area contributed by atoms with Crippen molar-refractivity contribution in [3.8, 4) is 5.75 Å². The van der Waals surface area contributed by atoms with Gasteiger partial charge in [0.2, 0.25) is 11.8 Å². The number of methoxy groups -OCH3 is 1. The number of carbonyl (C=O) groups excluding carboxylic acids is 2. The molecule has 2 saturated carbocycles. The fourth-order valence-corrected chi connectivity index (χ4v) is 6.21. The Morgan fingerprint density at radius 1 is 0.889 bits per heavy atom. The van der Waals surface area contributed by atoms with Gasteiger partial charge in [-0.2, -0.15) is 0 Å². The monoisotopic (exact) mass is 496 g/mol. The highest BCUT2D eigenvalue weighted by atomic mass is 16.5. The molecule has 0 atom stereocenters. The van der Waals surface area contributed by atoms with Crippen molar-refractivity contribution in [3.05, 3.63) is 39.0 Å². The zero-order chi connectivity index (χ0) is 25.2. The quantitative estimate of drug-likeness (QED) is 0.684. The summed E-state index contributed by atoms with van der Waals surface area (Å²) in [6, 6.07) is 5.05. The molecule has 1 aliphatic heterocycles. The van der Waals surface area contributed by atoms with Gasteiger partial charge in [-0.05, 0) is 62.6 Å². The molecule has 9 nitrogen and oxygen atoms in total. The largest absolute Gasteiger partial charge is 0.497 e. The molecule has 3 fully saturated rings. The Hall–Kier alpha value is -3.10. The number of ether oxygens (including phenoxy) is 1. The Morgan fingerprint density at radius 3 is 2.06 bits per heavy atom. The predicted molar refractivity (Wildman–Crippen MR) is 136 cm³/mol. The molecule has 2 amide bonds. The lowest BCUT2D eigenvalue weighted by Gasteiger charge is -2.38. The first-order valence-electron chi connectivity index (χ1n) is 13.3. The van der Waals surface area contributed by atoms with E-state index in [0.717, 1.165) is 51.4 Å². The van der Waals surface area contributed by atoms with Crippen molar-refractivity contribution in [3.63, 3.8) is 0 Å². The van der Waals surface area contributed by atoms with Crippen LogP contribution in [0.25, 0.3) is 10.9 Å². The maximum Gasteiger partial charge on any atom is 0.328 e. The summed E-state index contributed by atoms with van der Waals surface area (Å²) < 4.78 is 6.51. The standard InChI is InChI=1S/C27H36N4O5/c1-36-21-10-11-23-22(16-21)26(34)31(27(35)28-23)17-18-6-8-20(9-7-18)25(33)30-14-12-29(13-15-30)24(32)19-4-2-3-5-19/h10-11,16,18-20H,2-9,12-15,17H2,1H3,(H,28,35). The second-order valence-electron chi connectivity index (χ2n) is 10.6.